The van der Waals surface area contributed by atoms with E-state index in [-0.39, 0.29) is 11.8 Å². The molecule has 0 saturated carbocycles. The molecular weight excluding hydrogens is 432 g/mol. The number of hydrogen-bond acceptors (Lipinski definition) is 4. The van der Waals surface area contributed by atoms with Gasteiger partial charge in [-0.25, -0.2) is 4.90 Å². The SMILES string of the molecule is O=C1c2ccc(Oc3ccc(Br)cc3)cc2C(=O)N1c1cccc2cccnc12. The predicted molar refractivity (Wildman–Crippen MR) is 114 cm³/mol. The summed E-state index contributed by atoms with van der Waals surface area (Å²) in [5.41, 5.74) is 1.75. The average molecular weight is 445 g/mol. The third kappa shape index (κ3) is 2.98. The average Bonchev–Trinajstić information content (AvgIpc) is 2.99. The second-order valence-electron chi connectivity index (χ2n) is 6.56. The Hall–Kier alpha value is -3.51. The van der Waals surface area contributed by atoms with Crippen LogP contribution in [-0.4, -0.2) is 16.8 Å². The quantitative estimate of drug-likeness (QED) is 0.386. The van der Waals surface area contributed by atoms with Crippen LogP contribution in [0.5, 0.6) is 11.5 Å². The van der Waals surface area contributed by atoms with Gasteiger partial charge in [0.1, 0.15) is 11.5 Å². The number of hydrogen-bond donors (Lipinski definition) is 0. The number of aromatic nitrogens is 1. The predicted octanol–water partition coefficient (Wildman–Crippen LogP) is 5.59. The summed E-state index contributed by atoms with van der Waals surface area (Å²) in [6.07, 6.45) is 1.65. The lowest BCUT2D eigenvalue weighted by Gasteiger charge is -2.15. The van der Waals surface area contributed by atoms with E-state index in [0.29, 0.717) is 33.8 Å². The number of anilines is 1. The van der Waals surface area contributed by atoms with Gasteiger partial charge in [-0.05, 0) is 54.6 Å². The van der Waals surface area contributed by atoms with E-state index in [1.54, 1.807) is 30.5 Å². The fourth-order valence-corrected chi connectivity index (χ4v) is 3.67. The van der Waals surface area contributed by atoms with Gasteiger partial charge < -0.3 is 4.74 Å². The van der Waals surface area contributed by atoms with Crippen LogP contribution in [0.2, 0.25) is 0 Å². The molecule has 3 aromatic carbocycles. The monoisotopic (exact) mass is 444 g/mol. The summed E-state index contributed by atoms with van der Waals surface area (Å²) < 4.78 is 6.78. The molecule has 0 atom stereocenters. The molecule has 0 bridgehead atoms. The van der Waals surface area contributed by atoms with Crippen molar-refractivity contribution < 1.29 is 14.3 Å². The van der Waals surface area contributed by atoms with Crippen LogP contribution in [0.1, 0.15) is 20.7 Å². The maximum atomic E-state index is 13.1. The number of halogens is 1. The maximum absolute atomic E-state index is 13.1. The summed E-state index contributed by atoms with van der Waals surface area (Å²) in [6.45, 7) is 0. The van der Waals surface area contributed by atoms with Gasteiger partial charge in [0, 0.05) is 16.1 Å². The smallest absolute Gasteiger partial charge is 0.266 e. The molecule has 0 aliphatic carbocycles. The summed E-state index contributed by atoms with van der Waals surface area (Å²) in [5.74, 6) is 0.382. The van der Waals surface area contributed by atoms with Gasteiger partial charge in [-0.15, -0.1) is 0 Å². The van der Waals surface area contributed by atoms with Crippen LogP contribution < -0.4 is 9.64 Å². The van der Waals surface area contributed by atoms with Crippen LogP contribution in [0.4, 0.5) is 5.69 Å². The molecule has 1 aliphatic rings. The molecule has 29 heavy (non-hydrogen) atoms. The fourth-order valence-electron chi connectivity index (χ4n) is 3.41. The van der Waals surface area contributed by atoms with Crippen molar-refractivity contribution in [2.24, 2.45) is 0 Å². The Morgan fingerprint density at radius 1 is 0.793 bits per heavy atom. The summed E-state index contributed by atoms with van der Waals surface area (Å²) in [6, 6.07) is 21.5. The van der Waals surface area contributed by atoms with Crippen molar-refractivity contribution in [3.8, 4) is 11.5 Å². The minimum atomic E-state index is -0.385. The highest BCUT2D eigenvalue weighted by atomic mass is 79.9. The molecule has 4 aromatic rings. The highest BCUT2D eigenvalue weighted by Crippen LogP contribution is 2.35. The highest BCUT2D eigenvalue weighted by molar-refractivity contribution is 9.10. The van der Waals surface area contributed by atoms with Crippen LogP contribution in [0.15, 0.2) is 83.5 Å². The van der Waals surface area contributed by atoms with Crippen LogP contribution in [0.3, 0.4) is 0 Å². The van der Waals surface area contributed by atoms with Gasteiger partial charge in [0.15, 0.2) is 0 Å². The molecule has 1 aliphatic heterocycles. The van der Waals surface area contributed by atoms with Crippen LogP contribution in [0.25, 0.3) is 10.9 Å². The summed E-state index contributed by atoms with van der Waals surface area (Å²) in [5, 5.41) is 0.862. The molecule has 0 N–H and O–H groups in total. The van der Waals surface area contributed by atoms with E-state index in [1.165, 1.54) is 4.90 Å². The number of pyridine rings is 1. The van der Waals surface area contributed by atoms with E-state index in [1.807, 2.05) is 48.5 Å². The first-order valence-electron chi connectivity index (χ1n) is 8.92. The molecular formula is C23H13BrN2O3. The molecule has 2 heterocycles. The lowest BCUT2D eigenvalue weighted by atomic mass is 10.1. The number of ether oxygens (including phenoxy) is 1. The summed E-state index contributed by atoms with van der Waals surface area (Å²) >= 11 is 3.38. The Kier molecular flexibility index (Phi) is 4.14. The van der Waals surface area contributed by atoms with Gasteiger partial charge in [0.2, 0.25) is 0 Å². The zero-order valence-corrected chi connectivity index (χ0v) is 16.6. The highest BCUT2D eigenvalue weighted by Gasteiger charge is 2.38. The number of rotatable bonds is 3. The van der Waals surface area contributed by atoms with Crippen molar-refractivity contribution in [2.45, 2.75) is 0 Å². The minimum Gasteiger partial charge on any atom is -0.457 e. The molecule has 0 unspecified atom stereocenters. The molecule has 140 valence electrons. The van der Waals surface area contributed by atoms with E-state index in [2.05, 4.69) is 20.9 Å². The first kappa shape index (κ1) is 17.6. The van der Waals surface area contributed by atoms with Gasteiger partial charge in [-0.1, -0.05) is 34.1 Å². The molecule has 5 nitrogen and oxygen atoms in total. The Morgan fingerprint density at radius 2 is 1.52 bits per heavy atom. The molecule has 1 aromatic heterocycles. The van der Waals surface area contributed by atoms with Gasteiger partial charge in [-0.3, -0.25) is 14.6 Å². The van der Waals surface area contributed by atoms with Crippen molar-refractivity contribution in [3.05, 3.63) is 94.6 Å². The zero-order valence-electron chi connectivity index (χ0n) is 15.0. The maximum Gasteiger partial charge on any atom is 0.266 e. The lowest BCUT2D eigenvalue weighted by Crippen LogP contribution is -2.29. The number of amides is 2. The standard InChI is InChI=1S/C23H13BrN2O3/c24-15-6-8-16(9-7-15)29-17-10-11-18-19(13-17)23(28)26(22(18)27)20-5-1-3-14-4-2-12-25-21(14)20/h1-13H. The van der Waals surface area contributed by atoms with E-state index >= 15 is 0 Å². The molecule has 6 heteroatoms. The lowest BCUT2D eigenvalue weighted by molar-refractivity contribution is 0.0926. The Morgan fingerprint density at radius 3 is 2.34 bits per heavy atom. The molecule has 0 fully saturated rings. The normalized spacial score (nSPS) is 13.1. The van der Waals surface area contributed by atoms with Crippen LogP contribution >= 0.6 is 15.9 Å². The van der Waals surface area contributed by atoms with E-state index in [9.17, 15) is 9.59 Å². The van der Waals surface area contributed by atoms with Gasteiger partial charge in [-0.2, -0.15) is 0 Å². The Labute approximate surface area is 174 Å². The molecule has 0 spiro atoms. The van der Waals surface area contributed by atoms with Gasteiger partial charge in [0.25, 0.3) is 11.8 Å². The number of nitrogens with zero attached hydrogens (tertiary/aromatic N) is 2. The fraction of sp³-hybridized carbons (Fsp3) is 0. The van der Waals surface area contributed by atoms with Crippen molar-refractivity contribution in [1.82, 2.24) is 4.98 Å². The molecule has 0 saturated heterocycles. The van der Waals surface area contributed by atoms with E-state index < -0.39 is 0 Å². The summed E-state index contributed by atoms with van der Waals surface area (Å²) in [4.78, 5) is 31.7. The molecule has 0 radical (unpaired) electrons. The Balaban J connectivity index is 1.53. The molecule has 5 rings (SSSR count). The van der Waals surface area contributed by atoms with Crippen molar-refractivity contribution >= 4 is 44.3 Å². The van der Waals surface area contributed by atoms with Gasteiger partial charge in [0.05, 0.1) is 22.3 Å². The minimum absolute atomic E-state index is 0.317. The first-order chi connectivity index (χ1) is 14.1. The third-order valence-electron chi connectivity index (χ3n) is 4.76. The topological polar surface area (TPSA) is 59.5 Å². The number of fused-ring (bicyclic) bond motifs is 2. The van der Waals surface area contributed by atoms with Gasteiger partial charge >= 0.3 is 0 Å². The number of carbonyl (C=O) groups is 2. The second-order valence-corrected chi connectivity index (χ2v) is 7.48. The first-order valence-corrected chi connectivity index (χ1v) is 9.71. The number of carbonyl (C=O) groups excluding carboxylic acids is 2. The Bertz CT molecular complexity index is 1280. The van der Waals surface area contributed by atoms with E-state index in [4.69, 9.17) is 4.74 Å². The largest absolute Gasteiger partial charge is 0.457 e. The van der Waals surface area contributed by atoms with Crippen molar-refractivity contribution in [1.29, 1.82) is 0 Å². The van der Waals surface area contributed by atoms with Crippen LogP contribution in [-0.2, 0) is 0 Å². The summed E-state index contributed by atoms with van der Waals surface area (Å²) in [7, 11) is 0. The van der Waals surface area contributed by atoms with Crippen molar-refractivity contribution in [2.75, 3.05) is 4.90 Å². The number of para-hydroxylation sites is 1. The van der Waals surface area contributed by atoms with Crippen molar-refractivity contribution in [3.63, 3.8) is 0 Å². The third-order valence-corrected chi connectivity index (χ3v) is 5.29. The second kappa shape index (κ2) is 6.83. The number of imide groups is 1. The van der Waals surface area contributed by atoms with Crippen LogP contribution in [0, 0.1) is 0 Å². The van der Waals surface area contributed by atoms with E-state index in [0.717, 1.165) is 9.86 Å². The zero-order chi connectivity index (χ0) is 20.0. The molecule has 2 amide bonds. The number of benzene rings is 3.